The lowest BCUT2D eigenvalue weighted by Gasteiger charge is -2.34. The first kappa shape index (κ1) is 9.97. The van der Waals surface area contributed by atoms with Gasteiger partial charge in [-0.2, -0.15) is 0 Å². The molecule has 2 unspecified atom stereocenters. The number of hydrogen-bond donors (Lipinski definition) is 1. The van der Waals surface area contributed by atoms with Gasteiger partial charge in [-0.1, -0.05) is 6.07 Å². The average molecular weight is 219 g/mol. The molecule has 3 nitrogen and oxygen atoms in total. The molecule has 1 fully saturated rings. The van der Waals surface area contributed by atoms with Gasteiger partial charge in [0.2, 0.25) is 0 Å². The molecule has 2 aliphatic rings. The molecule has 1 aliphatic heterocycles. The third-order valence-corrected chi connectivity index (χ3v) is 3.53. The largest absolute Gasteiger partial charge is 0.490 e. The molecule has 0 saturated heterocycles. The third-order valence-electron chi connectivity index (χ3n) is 3.53. The van der Waals surface area contributed by atoms with Crippen LogP contribution >= 0.6 is 0 Å². The fourth-order valence-corrected chi connectivity index (χ4v) is 2.35. The SMILES string of the molecule is NC1CCC1c1ccc2c(c1)OCCCO2. The van der Waals surface area contributed by atoms with Crippen molar-refractivity contribution >= 4 is 0 Å². The van der Waals surface area contributed by atoms with Crippen LogP contribution in [0.4, 0.5) is 0 Å². The monoisotopic (exact) mass is 219 g/mol. The van der Waals surface area contributed by atoms with Crippen LogP contribution in [0.5, 0.6) is 11.5 Å². The topological polar surface area (TPSA) is 44.5 Å². The second kappa shape index (κ2) is 3.98. The maximum atomic E-state index is 5.99. The molecule has 2 N–H and O–H groups in total. The molecule has 1 saturated carbocycles. The zero-order valence-electron chi connectivity index (χ0n) is 9.32. The molecule has 2 atom stereocenters. The summed E-state index contributed by atoms with van der Waals surface area (Å²) in [4.78, 5) is 0. The fraction of sp³-hybridized carbons (Fsp3) is 0.538. The van der Waals surface area contributed by atoms with Gasteiger partial charge >= 0.3 is 0 Å². The Balaban J connectivity index is 1.88. The first-order valence-corrected chi connectivity index (χ1v) is 6.00. The van der Waals surface area contributed by atoms with Gasteiger partial charge in [0, 0.05) is 12.5 Å². The molecular formula is C13H17NO2. The molecular weight excluding hydrogens is 202 g/mol. The lowest BCUT2D eigenvalue weighted by molar-refractivity contribution is 0.296. The molecule has 1 heterocycles. The lowest BCUT2D eigenvalue weighted by atomic mass is 9.75. The van der Waals surface area contributed by atoms with E-state index >= 15 is 0 Å². The van der Waals surface area contributed by atoms with Crippen molar-refractivity contribution in [3.63, 3.8) is 0 Å². The van der Waals surface area contributed by atoms with Crippen molar-refractivity contribution in [2.45, 2.75) is 31.2 Å². The van der Waals surface area contributed by atoms with Gasteiger partial charge in [0.05, 0.1) is 13.2 Å². The highest BCUT2D eigenvalue weighted by Crippen LogP contribution is 2.39. The summed E-state index contributed by atoms with van der Waals surface area (Å²) < 4.78 is 11.3. The summed E-state index contributed by atoms with van der Waals surface area (Å²) in [6.45, 7) is 1.49. The van der Waals surface area contributed by atoms with E-state index in [4.69, 9.17) is 15.2 Å². The smallest absolute Gasteiger partial charge is 0.161 e. The number of nitrogens with two attached hydrogens (primary N) is 1. The normalized spacial score (nSPS) is 28.1. The summed E-state index contributed by atoms with van der Waals surface area (Å²) in [5.41, 5.74) is 7.28. The van der Waals surface area contributed by atoms with Crippen molar-refractivity contribution < 1.29 is 9.47 Å². The predicted molar refractivity (Wildman–Crippen MR) is 62.0 cm³/mol. The van der Waals surface area contributed by atoms with E-state index in [2.05, 4.69) is 12.1 Å². The minimum Gasteiger partial charge on any atom is -0.490 e. The van der Waals surface area contributed by atoms with E-state index in [-0.39, 0.29) is 0 Å². The van der Waals surface area contributed by atoms with Gasteiger partial charge in [0.1, 0.15) is 0 Å². The minimum atomic E-state index is 0.324. The van der Waals surface area contributed by atoms with Gasteiger partial charge < -0.3 is 15.2 Å². The molecule has 1 aromatic carbocycles. The molecule has 16 heavy (non-hydrogen) atoms. The summed E-state index contributed by atoms with van der Waals surface area (Å²) in [7, 11) is 0. The first-order valence-electron chi connectivity index (χ1n) is 6.00. The maximum Gasteiger partial charge on any atom is 0.161 e. The molecule has 3 rings (SSSR count). The Morgan fingerprint density at radius 1 is 1.06 bits per heavy atom. The van der Waals surface area contributed by atoms with E-state index in [9.17, 15) is 0 Å². The number of hydrogen-bond acceptors (Lipinski definition) is 3. The maximum absolute atomic E-state index is 5.99. The van der Waals surface area contributed by atoms with Crippen molar-refractivity contribution in [3.05, 3.63) is 23.8 Å². The summed E-state index contributed by atoms with van der Waals surface area (Å²) in [5, 5.41) is 0. The van der Waals surface area contributed by atoms with Crippen LogP contribution < -0.4 is 15.2 Å². The van der Waals surface area contributed by atoms with Gasteiger partial charge in [-0.15, -0.1) is 0 Å². The molecule has 0 radical (unpaired) electrons. The van der Waals surface area contributed by atoms with Crippen LogP contribution in [0.15, 0.2) is 18.2 Å². The van der Waals surface area contributed by atoms with E-state index in [0.29, 0.717) is 12.0 Å². The third kappa shape index (κ3) is 1.65. The van der Waals surface area contributed by atoms with Crippen molar-refractivity contribution in [2.24, 2.45) is 5.73 Å². The Bertz CT molecular complexity index is 392. The van der Waals surface area contributed by atoms with E-state index in [0.717, 1.165) is 37.6 Å². The summed E-state index contributed by atoms with van der Waals surface area (Å²) in [6, 6.07) is 6.56. The second-order valence-corrected chi connectivity index (χ2v) is 4.60. The first-order chi connectivity index (χ1) is 7.84. The molecule has 0 aromatic heterocycles. The average Bonchev–Trinajstić information content (AvgIpc) is 2.51. The zero-order chi connectivity index (χ0) is 11.0. The Hall–Kier alpha value is -1.22. The van der Waals surface area contributed by atoms with Gasteiger partial charge in [-0.25, -0.2) is 0 Å². The quantitative estimate of drug-likeness (QED) is 0.786. The summed E-state index contributed by atoms with van der Waals surface area (Å²) >= 11 is 0. The Morgan fingerprint density at radius 2 is 1.88 bits per heavy atom. The van der Waals surface area contributed by atoms with Gasteiger partial charge in [0.15, 0.2) is 11.5 Å². The lowest BCUT2D eigenvalue weighted by Crippen LogP contribution is -2.37. The highest BCUT2D eigenvalue weighted by Gasteiger charge is 2.29. The molecule has 1 aromatic rings. The Kier molecular flexibility index (Phi) is 2.48. The van der Waals surface area contributed by atoms with Crippen LogP contribution in [0.2, 0.25) is 0 Å². The highest BCUT2D eigenvalue weighted by molar-refractivity contribution is 5.45. The van der Waals surface area contributed by atoms with Crippen LogP contribution in [0, 0.1) is 0 Å². The molecule has 1 aliphatic carbocycles. The molecule has 0 amide bonds. The van der Waals surface area contributed by atoms with E-state index < -0.39 is 0 Å². The van der Waals surface area contributed by atoms with E-state index in [1.165, 1.54) is 12.0 Å². The number of fused-ring (bicyclic) bond motifs is 1. The summed E-state index contributed by atoms with van der Waals surface area (Å²) in [5.74, 6) is 2.26. The zero-order valence-corrected chi connectivity index (χ0v) is 9.32. The van der Waals surface area contributed by atoms with E-state index in [1.54, 1.807) is 0 Å². The van der Waals surface area contributed by atoms with Crippen molar-refractivity contribution in [2.75, 3.05) is 13.2 Å². The number of ether oxygens (including phenoxy) is 2. The van der Waals surface area contributed by atoms with Crippen LogP contribution in [0.3, 0.4) is 0 Å². The van der Waals surface area contributed by atoms with Gasteiger partial charge in [0.25, 0.3) is 0 Å². The van der Waals surface area contributed by atoms with Crippen LogP contribution in [0.1, 0.15) is 30.7 Å². The number of rotatable bonds is 1. The van der Waals surface area contributed by atoms with Crippen LogP contribution in [-0.2, 0) is 0 Å². The Morgan fingerprint density at radius 3 is 2.56 bits per heavy atom. The Labute approximate surface area is 95.5 Å². The highest BCUT2D eigenvalue weighted by atomic mass is 16.5. The predicted octanol–water partition coefficient (Wildman–Crippen LogP) is 2.05. The van der Waals surface area contributed by atoms with Crippen LogP contribution in [0.25, 0.3) is 0 Å². The van der Waals surface area contributed by atoms with Crippen molar-refractivity contribution in [1.29, 1.82) is 0 Å². The standard InChI is InChI=1S/C13H17NO2/c14-11-4-3-10(11)9-2-5-12-13(8-9)16-7-1-6-15-12/h2,5,8,10-11H,1,3-4,6-7,14H2. The molecule has 86 valence electrons. The molecule has 0 spiro atoms. The molecule has 0 bridgehead atoms. The van der Waals surface area contributed by atoms with Crippen molar-refractivity contribution in [1.82, 2.24) is 0 Å². The number of benzene rings is 1. The van der Waals surface area contributed by atoms with Gasteiger partial charge in [-0.05, 0) is 36.5 Å². The van der Waals surface area contributed by atoms with Crippen LogP contribution in [-0.4, -0.2) is 19.3 Å². The second-order valence-electron chi connectivity index (χ2n) is 4.60. The van der Waals surface area contributed by atoms with Gasteiger partial charge in [-0.3, -0.25) is 0 Å². The van der Waals surface area contributed by atoms with Crippen molar-refractivity contribution in [3.8, 4) is 11.5 Å². The summed E-state index contributed by atoms with van der Waals surface area (Å²) in [6.07, 6.45) is 3.28. The van der Waals surface area contributed by atoms with E-state index in [1.807, 2.05) is 6.07 Å². The molecule has 3 heteroatoms. The minimum absolute atomic E-state index is 0.324. The fourth-order valence-electron chi connectivity index (χ4n) is 2.35.